The van der Waals surface area contributed by atoms with E-state index in [9.17, 15) is 10.9 Å². The van der Waals surface area contributed by atoms with Crippen molar-refractivity contribution in [1.82, 2.24) is 0 Å². The quantitative estimate of drug-likeness (QED) is 0.416. The van der Waals surface area contributed by atoms with Crippen molar-refractivity contribution in [2.45, 2.75) is 0 Å². The monoisotopic (exact) mass is 309 g/mol. The lowest BCUT2D eigenvalue weighted by Gasteiger charge is -2.09. The Labute approximate surface area is 138 Å². The predicted molar refractivity (Wildman–Crippen MR) is 95.6 cm³/mol. The number of benzene rings is 4. The zero-order valence-corrected chi connectivity index (χ0v) is 12.8. The lowest BCUT2D eigenvalue weighted by molar-refractivity contribution is -0.378. The van der Waals surface area contributed by atoms with Crippen molar-refractivity contribution in [2.75, 3.05) is 0 Å². The largest absolute Gasteiger partial charge is 0.502 e. The zero-order valence-electron chi connectivity index (χ0n) is 12.8. The minimum atomic E-state index is 0.460. The topological polar surface area (TPSA) is 64.4 Å². The van der Waals surface area contributed by atoms with Crippen LogP contribution in [0.15, 0.2) is 72.8 Å². The Morgan fingerprint density at radius 1 is 0.708 bits per heavy atom. The van der Waals surface area contributed by atoms with Gasteiger partial charge in [-0.2, -0.15) is 0 Å². The molecule has 0 aliphatic carbocycles. The van der Waals surface area contributed by atoms with Gasteiger partial charge in [0, 0.05) is 12.1 Å². The van der Waals surface area contributed by atoms with Crippen LogP contribution in [0.5, 0.6) is 0 Å². The van der Waals surface area contributed by atoms with Crippen molar-refractivity contribution in [1.29, 1.82) is 5.39 Å². The summed E-state index contributed by atoms with van der Waals surface area (Å²) in [6.45, 7) is 0. The summed E-state index contributed by atoms with van der Waals surface area (Å²) in [6.07, 6.45) is 0. The molecule has 0 atom stereocenters. The summed E-state index contributed by atoms with van der Waals surface area (Å²) < 4.78 is 0. The molecule has 0 unspecified atom stereocenters. The lowest BCUT2D eigenvalue weighted by Crippen LogP contribution is -2.54. The van der Waals surface area contributed by atoms with E-state index >= 15 is 0 Å². The summed E-state index contributed by atoms with van der Waals surface area (Å²) >= 11 is 0. The van der Waals surface area contributed by atoms with E-state index in [4.69, 9.17) is 0 Å². The fourth-order valence-corrected chi connectivity index (χ4v) is 3.24. The van der Waals surface area contributed by atoms with Crippen molar-refractivity contribution < 1.29 is 5.11 Å². The van der Waals surface area contributed by atoms with Gasteiger partial charge in [-0.05, 0) is 33.7 Å². The summed E-state index contributed by atoms with van der Waals surface area (Å²) in [5, 5.41) is 15.8. The third-order valence-electron chi connectivity index (χ3n) is 4.31. The molecule has 0 radical (unpaired) electrons. The molecule has 1 N–H and O–H groups in total. The molecule has 0 aliphatic heterocycles. The van der Waals surface area contributed by atoms with Gasteiger partial charge in [0.25, 0.3) is 0 Å². The first-order valence-electron chi connectivity index (χ1n) is 7.62. The molecule has 0 spiro atoms. The van der Waals surface area contributed by atoms with Gasteiger partial charge in [-0.1, -0.05) is 48.5 Å². The Morgan fingerprint density at radius 2 is 1.29 bits per heavy atom. The van der Waals surface area contributed by atoms with Crippen LogP contribution in [0.2, 0.25) is 0 Å². The molecule has 0 aromatic heterocycles. The highest BCUT2D eigenvalue weighted by molar-refractivity contribution is 6.12. The number of rotatable bonds is 2. The molecule has 24 heavy (non-hydrogen) atoms. The van der Waals surface area contributed by atoms with Gasteiger partial charge < -0.3 is 5.53 Å². The number of nitrogens with zero attached hydrogens (tertiary/aromatic N) is 3. The molecule has 4 rings (SSSR count). The maximum atomic E-state index is 9.63. The van der Waals surface area contributed by atoms with E-state index in [1.165, 1.54) is 0 Å². The Morgan fingerprint density at radius 3 is 1.92 bits per heavy atom. The predicted octanol–water partition coefficient (Wildman–Crippen LogP) is 4.88. The second-order valence-corrected chi connectivity index (χ2v) is 5.60. The first-order chi connectivity index (χ1) is 11.8. The smallest absolute Gasteiger partial charge is 0.393 e. The van der Waals surface area contributed by atoms with Crippen LogP contribution < -0.4 is 5.11 Å². The summed E-state index contributed by atoms with van der Waals surface area (Å²) in [7, 11) is 0. The van der Waals surface area contributed by atoms with Crippen molar-refractivity contribution in [3.05, 3.63) is 83.3 Å². The van der Waals surface area contributed by atoms with Gasteiger partial charge in [0.2, 0.25) is 11.1 Å². The SMILES string of the molecule is N#[N+]c1ccc2ccccc2c1-c1c([NH+]=[N-])ccc2ccccc12. The molecule has 0 fully saturated rings. The van der Waals surface area contributed by atoms with E-state index in [-0.39, 0.29) is 0 Å². The van der Waals surface area contributed by atoms with Crippen molar-refractivity contribution in [3.63, 3.8) is 0 Å². The van der Waals surface area contributed by atoms with Crippen LogP contribution in [0, 0.1) is 5.39 Å². The molecule has 0 amide bonds. The minimum Gasteiger partial charge on any atom is -0.502 e. The second kappa shape index (κ2) is 5.56. The molecule has 4 heteroatoms. The first kappa shape index (κ1) is 14.0. The maximum Gasteiger partial charge on any atom is 0.393 e. The van der Waals surface area contributed by atoms with Gasteiger partial charge in [0.05, 0.1) is 11.1 Å². The van der Waals surface area contributed by atoms with Gasteiger partial charge in [0.15, 0.2) is 4.98 Å². The van der Waals surface area contributed by atoms with Crippen LogP contribution >= 0.6 is 0 Å². The molecular formula is C20H13N4+. The molecule has 112 valence electrons. The Hall–Kier alpha value is -3.58. The van der Waals surface area contributed by atoms with Crippen LogP contribution in [0.1, 0.15) is 0 Å². The molecule has 0 saturated heterocycles. The average molecular weight is 309 g/mol. The van der Waals surface area contributed by atoms with Crippen LogP contribution in [-0.2, 0) is 0 Å². The van der Waals surface area contributed by atoms with E-state index in [0.29, 0.717) is 11.4 Å². The minimum absolute atomic E-state index is 0.460. The fourth-order valence-electron chi connectivity index (χ4n) is 3.24. The zero-order chi connectivity index (χ0) is 16.5. The number of hydrogen-bond donors (Lipinski definition) is 1. The molecule has 0 heterocycles. The van der Waals surface area contributed by atoms with E-state index in [2.05, 4.69) is 10.1 Å². The highest BCUT2D eigenvalue weighted by atomic mass is 15.0. The van der Waals surface area contributed by atoms with E-state index in [1.54, 1.807) is 6.07 Å². The Balaban J connectivity index is 2.26. The van der Waals surface area contributed by atoms with Crippen LogP contribution in [0.4, 0.5) is 11.4 Å². The highest BCUT2D eigenvalue weighted by Crippen LogP contribution is 2.43. The normalized spacial score (nSPS) is 10.6. The van der Waals surface area contributed by atoms with Crippen LogP contribution in [0.3, 0.4) is 0 Å². The molecule has 4 aromatic carbocycles. The lowest BCUT2D eigenvalue weighted by atomic mass is 9.91. The number of fused-ring (bicyclic) bond motifs is 2. The highest BCUT2D eigenvalue weighted by Gasteiger charge is 2.24. The molecule has 0 bridgehead atoms. The van der Waals surface area contributed by atoms with Gasteiger partial charge in [-0.25, -0.2) is 0 Å². The fraction of sp³-hybridized carbons (Fsp3) is 0. The van der Waals surface area contributed by atoms with Crippen LogP contribution in [0.25, 0.3) is 43.2 Å². The molecule has 4 aromatic rings. The van der Waals surface area contributed by atoms with Gasteiger partial charge >= 0.3 is 5.69 Å². The number of diazo groups is 1. The maximum absolute atomic E-state index is 9.63. The number of nitrogens with one attached hydrogen (secondary N) is 1. The summed E-state index contributed by atoms with van der Waals surface area (Å²) in [5.41, 5.74) is 12.2. The van der Waals surface area contributed by atoms with Crippen molar-refractivity contribution in [3.8, 4) is 11.1 Å². The molecule has 4 nitrogen and oxygen atoms in total. The molecule has 0 aliphatic rings. The summed E-state index contributed by atoms with van der Waals surface area (Å²) in [5.74, 6) is 0. The Bertz CT molecular complexity index is 1140. The standard InChI is InChI=1S/C20H13N4/c21-23-17-11-9-13-5-1-3-7-15(13)19(17)20-16-8-4-2-6-14(16)10-12-18(20)24-22/h1-12,23H/q+1. The Kier molecular flexibility index (Phi) is 3.25. The van der Waals surface area contributed by atoms with Crippen LogP contribution in [-0.4, -0.2) is 0 Å². The van der Waals surface area contributed by atoms with Gasteiger partial charge in [0.1, 0.15) is 0 Å². The average Bonchev–Trinajstić information content (AvgIpc) is 2.66. The van der Waals surface area contributed by atoms with E-state index < -0.39 is 0 Å². The third-order valence-corrected chi connectivity index (χ3v) is 4.31. The molecular weight excluding hydrogens is 296 g/mol. The second-order valence-electron chi connectivity index (χ2n) is 5.60. The summed E-state index contributed by atoms with van der Waals surface area (Å²) in [6, 6.07) is 23.3. The van der Waals surface area contributed by atoms with E-state index in [1.807, 2.05) is 66.7 Å². The van der Waals surface area contributed by atoms with Gasteiger partial charge in [-0.15, -0.1) is 0 Å². The van der Waals surface area contributed by atoms with Crippen molar-refractivity contribution in [2.24, 2.45) is 0 Å². The van der Waals surface area contributed by atoms with Gasteiger partial charge in [-0.3, -0.25) is 5.11 Å². The number of hydrogen-bond acceptors (Lipinski definition) is 1. The third kappa shape index (κ3) is 2.03. The van der Waals surface area contributed by atoms with E-state index in [0.717, 1.165) is 32.7 Å². The van der Waals surface area contributed by atoms with Crippen molar-refractivity contribution >= 4 is 32.9 Å². The summed E-state index contributed by atoms with van der Waals surface area (Å²) in [4.78, 5) is 3.47. The molecule has 0 saturated carbocycles. The first-order valence-corrected chi connectivity index (χ1v) is 7.62.